The van der Waals surface area contributed by atoms with Crippen LogP contribution in [0.3, 0.4) is 0 Å². The zero-order valence-corrected chi connectivity index (χ0v) is 10.9. The van der Waals surface area contributed by atoms with Gasteiger partial charge in [-0.25, -0.2) is 4.39 Å². The van der Waals surface area contributed by atoms with Gasteiger partial charge in [0.15, 0.2) is 0 Å². The fraction of sp³-hybridized carbons (Fsp3) is 0.308. The van der Waals surface area contributed by atoms with E-state index in [9.17, 15) is 17.6 Å². The molecule has 0 amide bonds. The Labute approximate surface area is 113 Å². The number of benzene rings is 1. The number of nitrogens with one attached hydrogen (secondary N) is 1. The van der Waals surface area contributed by atoms with E-state index in [1.807, 2.05) is 0 Å². The molecule has 108 valence electrons. The van der Waals surface area contributed by atoms with E-state index in [2.05, 4.69) is 10.4 Å². The highest BCUT2D eigenvalue weighted by Crippen LogP contribution is 2.34. The van der Waals surface area contributed by atoms with Crippen molar-refractivity contribution < 1.29 is 17.6 Å². The predicted octanol–water partition coefficient (Wildman–Crippen LogP) is 2.89. The molecule has 0 saturated carbocycles. The van der Waals surface area contributed by atoms with E-state index in [0.717, 1.165) is 12.1 Å². The molecule has 0 aliphatic heterocycles. The fourth-order valence-electron chi connectivity index (χ4n) is 2.09. The summed E-state index contributed by atoms with van der Waals surface area (Å²) in [6, 6.07) is 4.18. The third kappa shape index (κ3) is 2.67. The molecule has 0 spiro atoms. The van der Waals surface area contributed by atoms with Gasteiger partial charge in [-0.2, -0.15) is 18.3 Å². The molecule has 1 N–H and O–H groups in total. The minimum Gasteiger partial charge on any atom is -0.308 e. The second-order valence-electron chi connectivity index (χ2n) is 4.34. The smallest absolute Gasteiger partial charge is 0.308 e. The summed E-state index contributed by atoms with van der Waals surface area (Å²) in [5.41, 5.74) is -0.255. The number of hydrogen-bond donors (Lipinski definition) is 1. The van der Waals surface area contributed by atoms with Gasteiger partial charge in [0, 0.05) is 13.2 Å². The van der Waals surface area contributed by atoms with Gasteiger partial charge in [0.1, 0.15) is 5.82 Å². The van der Waals surface area contributed by atoms with Crippen molar-refractivity contribution in [2.75, 3.05) is 7.05 Å². The third-order valence-corrected chi connectivity index (χ3v) is 3.07. The molecule has 3 nitrogen and oxygen atoms in total. The average molecular weight is 287 g/mol. The minimum atomic E-state index is -4.72. The molecule has 1 heterocycles. The molecule has 0 saturated heterocycles. The van der Waals surface area contributed by atoms with Crippen molar-refractivity contribution in [2.24, 2.45) is 7.05 Å². The number of nitrogens with zero attached hydrogens (tertiary/aromatic N) is 2. The predicted molar refractivity (Wildman–Crippen MR) is 65.5 cm³/mol. The second kappa shape index (κ2) is 5.24. The van der Waals surface area contributed by atoms with E-state index in [0.29, 0.717) is 11.3 Å². The highest BCUT2D eigenvalue weighted by atomic mass is 19.4. The largest absolute Gasteiger partial charge is 0.419 e. The van der Waals surface area contributed by atoms with Crippen molar-refractivity contribution in [1.29, 1.82) is 0 Å². The first-order valence-corrected chi connectivity index (χ1v) is 5.86. The summed E-state index contributed by atoms with van der Waals surface area (Å²) in [7, 11) is 3.31. The monoisotopic (exact) mass is 287 g/mol. The number of alkyl halides is 3. The lowest BCUT2D eigenvalue weighted by Gasteiger charge is -2.19. The van der Waals surface area contributed by atoms with Crippen LogP contribution in [0.5, 0.6) is 0 Å². The zero-order valence-electron chi connectivity index (χ0n) is 10.9. The number of rotatable bonds is 3. The van der Waals surface area contributed by atoms with Crippen molar-refractivity contribution in [3.05, 3.63) is 53.1 Å². The maximum absolute atomic E-state index is 13.3. The zero-order chi connectivity index (χ0) is 14.9. The van der Waals surface area contributed by atoms with Gasteiger partial charge in [0.05, 0.1) is 17.3 Å². The Bertz CT molecular complexity index is 604. The van der Waals surface area contributed by atoms with E-state index >= 15 is 0 Å². The molecule has 7 heteroatoms. The normalized spacial score (nSPS) is 13.5. The van der Waals surface area contributed by atoms with E-state index in [1.165, 1.54) is 6.07 Å². The van der Waals surface area contributed by atoms with Crippen LogP contribution in [0, 0.1) is 5.82 Å². The van der Waals surface area contributed by atoms with Crippen LogP contribution in [0.2, 0.25) is 0 Å². The topological polar surface area (TPSA) is 29.9 Å². The minimum absolute atomic E-state index is 0.324. The van der Waals surface area contributed by atoms with E-state index in [1.54, 1.807) is 31.0 Å². The van der Waals surface area contributed by atoms with E-state index in [4.69, 9.17) is 0 Å². The number of aromatic nitrogens is 2. The molecule has 1 atom stereocenters. The molecule has 20 heavy (non-hydrogen) atoms. The fourth-order valence-corrected chi connectivity index (χ4v) is 2.09. The van der Waals surface area contributed by atoms with Gasteiger partial charge in [-0.3, -0.25) is 4.68 Å². The molecule has 1 unspecified atom stereocenters. The van der Waals surface area contributed by atoms with Crippen LogP contribution >= 0.6 is 0 Å². The molecule has 0 bridgehead atoms. The molecule has 2 aromatic rings. The summed E-state index contributed by atoms with van der Waals surface area (Å²) in [6.45, 7) is 0. The van der Waals surface area contributed by atoms with Gasteiger partial charge in [-0.15, -0.1) is 0 Å². The highest BCUT2D eigenvalue weighted by Gasteiger charge is 2.34. The van der Waals surface area contributed by atoms with Crippen LogP contribution < -0.4 is 5.32 Å². The summed E-state index contributed by atoms with van der Waals surface area (Å²) < 4.78 is 53.1. The summed E-state index contributed by atoms with van der Waals surface area (Å²) in [5.74, 6) is -1.28. The summed E-state index contributed by atoms with van der Waals surface area (Å²) in [4.78, 5) is 0. The maximum Gasteiger partial charge on any atom is 0.419 e. The first-order chi connectivity index (χ1) is 9.34. The van der Waals surface area contributed by atoms with Crippen LogP contribution in [-0.2, 0) is 13.2 Å². The summed E-state index contributed by atoms with van der Waals surface area (Å²) in [5, 5.41) is 6.89. The molecule has 0 radical (unpaired) electrons. The lowest BCUT2D eigenvalue weighted by Crippen LogP contribution is -2.21. The first kappa shape index (κ1) is 14.5. The van der Waals surface area contributed by atoms with Crippen molar-refractivity contribution in [1.82, 2.24) is 15.1 Å². The standard InChI is InChI=1S/C13H13F4N3/c1-18-12(11-5-6-19-20(11)2)8-3-4-10(14)9(7-8)13(15,16)17/h3-7,12,18H,1-2H3. The first-order valence-electron chi connectivity index (χ1n) is 5.86. The average Bonchev–Trinajstić information content (AvgIpc) is 2.77. The van der Waals surface area contributed by atoms with Crippen molar-refractivity contribution in [2.45, 2.75) is 12.2 Å². The Morgan fingerprint density at radius 1 is 1.25 bits per heavy atom. The van der Waals surface area contributed by atoms with Crippen LogP contribution in [0.25, 0.3) is 0 Å². The second-order valence-corrected chi connectivity index (χ2v) is 4.34. The molecular weight excluding hydrogens is 274 g/mol. The van der Waals surface area contributed by atoms with Gasteiger partial charge < -0.3 is 5.32 Å². The number of hydrogen-bond acceptors (Lipinski definition) is 2. The van der Waals surface area contributed by atoms with Crippen molar-refractivity contribution in [3.8, 4) is 0 Å². The van der Waals surface area contributed by atoms with E-state index in [-0.39, 0.29) is 0 Å². The Morgan fingerprint density at radius 2 is 1.95 bits per heavy atom. The van der Waals surface area contributed by atoms with Gasteiger partial charge in [-0.1, -0.05) is 6.07 Å². The summed E-state index contributed by atoms with van der Waals surface area (Å²) in [6.07, 6.45) is -3.17. The lowest BCUT2D eigenvalue weighted by atomic mass is 10.0. The number of aryl methyl sites for hydroxylation is 1. The molecule has 1 aromatic heterocycles. The van der Waals surface area contributed by atoms with Crippen LogP contribution in [-0.4, -0.2) is 16.8 Å². The Balaban J connectivity index is 2.49. The molecule has 1 aromatic carbocycles. The van der Waals surface area contributed by atoms with Gasteiger partial charge in [-0.05, 0) is 30.8 Å². The third-order valence-electron chi connectivity index (χ3n) is 3.07. The lowest BCUT2D eigenvalue weighted by molar-refractivity contribution is -0.140. The highest BCUT2D eigenvalue weighted by molar-refractivity contribution is 5.33. The molecular formula is C13H13F4N3. The molecule has 0 aliphatic carbocycles. The van der Waals surface area contributed by atoms with Gasteiger partial charge in [0.25, 0.3) is 0 Å². The van der Waals surface area contributed by atoms with Crippen LogP contribution in [0.15, 0.2) is 30.5 Å². The Morgan fingerprint density at radius 3 is 2.45 bits per heavy atom. The Kier molecular flexibility index (Phi) is 3.80. The van der Waals surface area contributed by atoms with Crippen LogP contribution in [0.4, 0.5) is 17.6 Å². The van der Waals surface area contributed by atoms with Crippen LogP contribution in [0.1, 0.15) is 22.9 Å². The molecule has 2 rings (SSSR count). The number of halogens is 4. The summed E-state index contributed by atoms with van der Waals surface area (Å²) >= 11 is 0. The SMILES string of the molecule is CNC(c1ccc(F)c(C(F)(F)F)c1)c1ccnn1C. The van der Waals surface area contributed by atoms with E-state index < -0.39 is 23.6 Å². The quantitative estimate of drug-likeness (QED) is 0.880. The molecule has 0 aliphatic rings. The Hall–Kier alpha value is -1.89. The van der Waals surface area contributed by atoms with Crippen molar-refractivity contribution >= 4 is 0 Å². The van der Waals surface area contributed by atoms with Crippen molar-refractivity contribution in [3.63, 3.8) is 0 Å². The van der Waals surface area contributed by atoms with Gasteiger partial charge in [0.2, 0.25) is 0 Å². The maximum atomic E-state index is 13.3. The molecule has 0 fully saturated rings. The van der Waals surface area contributed by atoms with Gasteiger partial charge >= 0.3 is 6.18 Å².